The van der Waals surface area contributed by atoms with Crippen LogP contribution in [-0.2, 0) is 0 Å². The Morgan fingerprint density at radius 1 is 1.24 bits per heavy atom. The van der Waals surface area contributed by atoms with Crippen LogP contribution in [0.2, 0.25) is 0 Å². The average Bonchev–Trinajstić information content (AvgIpc) is 2.86. The summed E-state index contributed by atoms with van der Waals surface area (Å²) in [5, 5.41) is 20.5. The van der Waals surface area contributed by atoms with Gasteiger partial charge < -0.3 is 14.9 Å². The Kier molecular flexibility index (Phi) is 5.32. The van der Waals surface area contributed by atoms with E-state index >= 15 is 0 Å². The molecule has 1 aliphatic heterocycles. The molecule has 0 aromatic heterocycles. The van der Waals surface area contributed by atoms with Crippen LogP contribution in [0.3, 0.4) is 0 Å². The third kappa shape index (κ3) is 3.81. The molecule has 3 rings (SSSR count). The van der Waals surface area contributed by atoms with Crippen LogP contribution in [0.1, 0.15) is 18.1 Å². The van der Waals surface area contributed by atoms with E-state index in [2.05, 4.69) is 0 Å². The smallest absolute Gasteiger partial charge is 0.164 e. The number of phenols is 1. The van der Waals surface area contributed by atoms with E-state index in [0.29, 0.717) is 16.7 Å². The van der Waals surface area contributed by atoms with Gasteiger partial charge in [-0.05, 0) is 49.8 Å². The summed E-state index contributed by atoms with van der Waals surface area (Å²) in [7, 11) is 0. The summed E-state index contributed by atoms with van der Waals surface area (Å²) in [5.41, 5.74) is 2.84. The van der Waals surface area contributed by atoms with E-state index in [0.717, 1.165) is 21.7 Å². The second kappa shape index (κ2) is 7.47. The van der Waals surface area contributed by atoms with Gasteiger partial charge in [0, 0.05) is 10.6 Å². The highest BCUT2D eigenvalue weighted by Gasteiger charge is 2.33. The number of phenolic OH excluding ortho intramolecular Hbond substituents is 1. The molecule has 130 valence electrons. The lowest BCUT2D eigenvalue weighted by atomic mass is 10.1. The first-order valence-corrected chi connectivity index (χ1v) is 9.15. The first-order chi connectivity index (χ1) is 12.0. The zero-order valence-electron chi connectivity index (χ0n) is 14.0. The number of aliphatic hydroxyl groups is 1. The number of aromatic hydroxyl groups is 1. The van der Waals surface area contributed by atoms with Crippen LogP contribution in [-0.4, -0.2) is 27.4 Å². The van der Waals surface area contributed by atoms with Gasteiger partial charge in [0.1, 0.15) is 4.32 Å². The normalized spacial score (nSPS) is 18.8. The van der Waals surface area contributed by atoms with Crippen molar-refractivity contribution in [3.63, 3.8) is 0 Å². The molecule has 1 fully saturated rings. The molecule has 6 heteroatoms. The molecule has 1 unspecified atom stereocenters. The Bertz CT molecular complexity index is 818. The third-order valence-electron chi connectivity index (χ3n) is 3.81. The number of hydrogen-bond donors (Lipinski definition) is 2. The number of thioether (sulfide) groups is 1. The van der Waals surface area contributed by atoms with E-state index in [9.17, 15) is 10.2 Å². The van der Waals surface area contributed by atoms with Gasteiger partial charge in [-0.1, -0.05) is 47.7 Å². The predicted molar refractivity (Wildman–Crippen MR) is 107 cm³/mol. The van der Waals surface area contributed by atoms with E-state index in [1.165, 1.54) is 11.8 Å². The lowest BCUT2D eigenvalue weighted by Crippen LogP contribution is -2.31. The number of hydrogen-bond acceptors (Lipinski definition) is 5. The zero-order chi connectivity index (χ0) is 18.0. The molecular weight excluding hydrogens is 354 g/mol. The van der Waals surface area contributed by atoms with Crippen molar-refractivity contribution in [2.24, 2.45) is 0 Å². The molecule has 2 N–H and O–H groups in total. The molecule has 1 saturated heterocycles. The van der Waals surface area contributed by atoms with Gasteiger partial charge in [0.2, 0.25) is 0 Å². The van der Waals surface area contributed by atoms with Crippen LogP contribution in [0.15, 0.2) is 47.4 Å². The second-order valence-corrected chi connectivity index (χ2v) is 7.36. The standard InChI is InChI=1S/C19H19NO3S2/c1-3-23-16-10-13(6-9-15(16)21)11-17-18(22)20(19(24)25-17)14-7-4-12(2)5-8-14/h4-11,18,21-22H,3H2,1-2H3/b17-11-. The molecule has 0 spiro atoms. The fourth-order valence-corrected chi connectivity index (χ4v) is 3.95. The zero-order valence-corrected chi connectivity index (χ0v) is 15.6. The van der Waals surface area contributed by atoms with Gasteiger partial charge in [0.25, 0.3) is 0 Å². The minimum Gasteiger partial charge on any atom is -0.504 e. The van der Waals surface area contributed by atoms with Crippen LogP contribution in [0.25, 0.3) is 6.08 Å². The number of nitrogens with zero attached hydrogens (tertiary/aromatic N) is 1. The number of anilines is 1. The summed E-state index contributed by atoms with van der Waals surface area (Å²) < 4.78 is 6.01. The molecule has 2 aromatic carbocycles. The Hall–Kier alpha value is -2.02. The van der Waals surface area contributed by atoms with Crippen LogP contribution in [0, 0.1) is 6.92 Å². The number of aliphatic hydroxyl groups excluding tert-OH is 1. The van der Waals surface area contributed by atoms with E-state index in [1.54, 1.807) is 23.1 Å². The second-order valence-electron chi connectivity index (χ2n) is 5.65. The third-order valence-corrected chi connectivity index (χ3v) is 5.19. The van der Waals surface area contributed by atoms with Crippen LogP contribution < -0.4 is 9.64 Å². The van der Waals surface area contributed by atoms with Gasteiger partial charge in [-0.3, -0.25) is 4.90 Å². The van der Waals surface area contributed by atoms with Crippen molar-refractivity contribution in [2.75, 3.05) is 11.5 Å². The molecule has 2 aromatic rings. The summed E-state index contributed by atoms with van der Waals surface area (Å²) in [5.74, 6) is 0.521. The number of benzene rings is 2. The maximum atomic E-state index is 10.7. The van der Waals surface area contributed by atoms with Gasteiger partial charge in [-0.25, -0.2) is 0 Å². The monoisotopic (exact) mass is 373 g/mol. The van der Waals surface area contributed by atoms with Gasteiger partial charge in [0.05, 0.1) is 6.61 Å². The van der Waals surface area contributed by atoms with Gasteiger partial charge in [-0.2, -0.15) is 0 Å². The van der Waals surface area contributed by atoms with Crippen LogP contribution >= 0.6 is 24.0 Å². The first kappa shape index (κ1) is 17.8. The number of thiocarbonyl (C=S) groups is 1. The Morgan fingerprint density at radius 2 is 1.96 bits per heavy atom. The van der Waals surface area contributed by atoms with Crippen LogP contribution in [0.5, 0.6) is 11.5 Å². The van der Waals surface area contributed by atoms with Crippen molar-refractivity contribution in [1.82, 2.24) is 0 Å². The maximum Gasteiger partial charge on any atom is 0.164 e. The van der Waals surface area contributed by atoms with Crippen molar-refractivity contribution in [2.45, 2.75) is 20.1 Å². The molecule has 1 heterocycles. The van der Waals surface area contributed by atoms with E-state index in [4.69, 9.17) is 17.0 Å². The topological polar surface area (TPSA) is 52.9 Å². The Labute approximate surface area is 156 Å². The highest BCUT2D eigenvalue weighted by Crippen LogP contribution is 2.39. The van der Waals surface area contributed by atoms with Crippen LogP contribution in [0.4, 0.5) is 5.69 Å². The highest BCUT2D eigenvalue weighted by molar-refractivity contribution is 8.26. The molecule has 25 heavy (non-hydrogen) atoms. The van der Waals surface area contributed by atoms with Crippen molar-refractivity contribution in [1.29, 1.82) is 0 Å². The summed E-state index contributed by atoms with van der Waals surface area (Å²) >= 11 is 6.80. The summed E-state index contributed by atoms with van der Waals surface area (Å²) in [4.78, 5) is 2.47. The average molecular weight is 373 g/mol. The molecule has 0 saturated carbocycles. The fraction of sp³-hybridized carbons (Fsp3) is 0.211. The Balaban J connectivity index is 1.88. The molecule has 0 aliphatic carbocycles. The largest absolute Gasteiger partial charge is 0.504 e. The summed E-state index contributed by atoms with van der Waals surface area (Å²) in [6.45, 7) is 4.35. The molecule has 0 radical (unpaired) electrons. The van der Waals surface area contributed by atoms with Crippen molar-refractivity contribution in [3.8, 4) is 11.5 Å². The highest BCUT2D eigenvalue weighted by atomic mass is 32.2. The molecule has 4 nitrogen and oxygen atoms in total. The quantitative estimate of drug-likeness (QED) is 0.780. The van der Waals surface area contributed by atoms with E-state index in [1.807, 2.05) is 44.2 Å². The fourth-order valence-electron chi connectivity index (χ4n) is 2.54. The van der Waals surface area contributed by atoms with Crippen molar-refractivity contribution >= 4 is 40.1 Å². The van der Waals surface area contributed by atoms with E-state index < -0.39 is 6.23 Å². The predicted octanol–water partition coefficient (Wildman–Crippen LogP) is 4.30. The van der Waals surface area contributed by atoms with E-state index in [-0.39, 0.29) is 5.75 Å². The SMILES string of the molecule is CCOc1cc(/C=C2\SC(=S)N(c3ccc(C)cc3)C2O)ccc1O. The maximum absolute atomic E-state index is 10.7. The summed E-state index contributed by atoms with van der Waals surface area (Å²) in [6.07, 6.45) is 1.03. The number of rotatable bonds is 4. The lowest BCUT2D eigenvalue weighted by molar-refractivity contribution is 0.233. The number of ether oxygens (including phenoxy) is 1. The van der Waals surface area contributed by atoms with Crippen molar-refractivity contribution < 1.29 is 14.9 Å². The Morgan fingerprint density at radius 3 is 2.64 bits per heavy atom. The molecule has 1 atom stereocenters. The lowest BCUT2D eigenvalue weighted by Gasteiger charge is -2.21. The van der Waals surface area contributed by atoms with Gasteiger partial charge in [-0.15, -0.1) is 0 Å². The first-order valence-electron chi connectivity index (χ1n) is 7.92. The van der Waals surface area contributed by atoms with Gasteiger partial charge >= 0.3 is 0 Å². The summed E-state index contributed by atoms with van der Waals surface area (Å²) in [6, 6.07) is 13.0. The minimum absolute atomic E-state index is 0.0976. The van der Waals surface area contributed by atoms with Gasteiger partial charge in [0.15, 0.2) is 17.7 Å². The molecule has 0 amide bonds. The molecular formula is C19H19NO3S2. The minimum atomic E-state index is -0.829. The molecule has 0 bridgehead atoms. The van der Waals surface area contributed by atoms with Crippen molar-refractivity contribution in [3.05, 3.63) is 58.5 Å². The molecule has 1 aliphatic rings. The number of aryl methyl sites for hydroxylation is 1.